The van der Waals surface area contributed by atoms with Gasteiger partial charge in [0.15, 0.2) is 6.61 Å². The molecule has 1 unspecified atom stereocenters. The highest BCUT2D eigenvalue weighted by atomic mass is 79.9. The second-order valence-electron chi connectivity index (χ2n) is 4.76. The van der Waals surface area contributed by atoms with Gasteiger partial charge in [0.2, 0.25) is 0 Å². The van der Waals surface area contributed by atoms with Gasteiger partial charge in [0.25, 0.3) is 5.91 Å². The molecule has 0 aliphatic heterocycles. The zero-order valence-electron chi connectivity index (χ0n) is 12.2. The maximum absolute atomic E-state index is 13.6. The van der Waals surface area contributed by atoms with E-state index in [2.05, 4.69) is 37.2 Å². The first-order valence-corrected chi connectivity index (χ1v) is 9.04. The molecule has 2 aromatic rings. The van der Waals surface area contributed by atoms with Crippen molar-refractivity contribution >= 4 is 55.1 Å². The largest absolute Gasteiger partial charge is 0.451 e. The van der Waals surface area contributed by atoms with Crippen LogP contribution in [0.25, 0.3) is 0 Å². The van der Waals surface area contributed by atoms with Gasteiger partial charge in [-0.3, -0.25) is 4.79 Å². The lowest BCUT2D eigenvalue weighted by Crippen LogP contribution is -2.31. The number of thiophene rings is 1. The standard InChI is InChI=1S/C15H11Br2F2NO3S/c1-7(9-3-2-8(18)4-11(9)19)20-13(21)6-23-15(22)12-5-10(16)14(17)24-12/h2-5,7H,6H2,1H3,(H,20,21). The lowest BCUT2D eigenvalue weighted by atomic mass is 10.1. The lowest BCUT2D eigenvalue weighted by Gasteiger charge is -2.15. The third-order valence-electron chi connectivity index (χ3n) is 2.99. The van der Waals surface area contributed by atoms with Gasteiger partial charge in [-0.25, -0.2) is 13.6 Å². The molecule has 0 radical (unpaired) electrons. The smallest absolute Gasteiger partial charge is 0.348 e. The van der Waals surface area contributed by atoms with Crippen LogP contribution in [0.1, 0.15) is 28.2 Å². The molecule has 0 spiro atoms. The average Bonchev–Trinajstić information content (AvgIpc) is 2.84. The minimum absolute atomic E-state index is 0.141. The van der Waals surface area contributed by atoms with Crippen LogP contribution in [0.3, 0.4) is 0 Å². The van der Waals surface area contributed by atoms with Crippen LogP contribution in [-0.4, -0.2) is 18.5 Å². The second-order valence-corrected chi connectivity index (χ2v) is 7.99. The van der Waals surface area contributed by atoms with Gasteiger partial charge in [0.05, 0.1) is 9.83 Å². The van der Waals surface area contributed by atoms with Crippen LogP contribution < -0.4 is 5.32 Å². The van der Waals surface area contributed by atoms with Crippen molar-refractivity contribution in [3.05, 3.63) is 54.6 Å². The van der Waals surface area contributed by atoms with Crippen molar-refractivity contribution in [2.45, 2.75) is 13.0 Å². The minimum atomic E-state index is -0.756. The SMILES string of the molecule is CC(NC(=O)COC(=O)c1cc(Br)c(Br)s1)c1ccc(F)cc1F. The molecule has 0 bridgehead atoms. The quantitative estimate of drug-likeness (QED) is 0.634. The molecular formula is C15H11Br2F2NO3S. The van der Waals surface area contributed by atoms with E-state index in [1.54, 1.807) is 13.0 Å². The fourth-order valence-electron chi connectivity index (χ4n) is 1.86. The van der Waals surface area contributed by atoms with Crippen molar-refractivity contribution in [1.29, 1.82) is 0 Å². The fraction of sp³-hybridized carbons (Fsp3) is 0.200. The summed E-state index contributed by atoms with van der Waals surface area (Å²) in [5, 5.41) is 2.49. The number of carbonyl (C=O) groups is 2. The van der Waals surface area contributed by atoms with Crippen LogP contribution in [0.15, 0.2) is 32.5 Å². The molecule has 24 heavy (non-hydrogen) atoms. The molecule has 1 aromatic carbocycles. The summed E-state index contributed by atoms with van der Waals surface area (Å²) in [4.78, 5) is 24.0. The predicted molar refractivity (Wildman–Crippen MR) is 92.9 cm³/mol. The molecule has 1 aromatic heterocycles. The summed E-state index contributed by atoms with van der Waals surface area (Å²) in [6.45, 7) is 1.04. The van der Waals surface area contributed by atoms with E-state index in [0.717, 1.165) is 15.9 Å². The minimum Gasteiger partial charge on any atom is -0.451 e. The number of hydrogen-bond donors (Lipinski definition) is 1. The van der Waals surface area contributed by atoms with Crippen molar-refractivity contribution < 1.29 is 23.1 Å². The fourth-order valence-corrected chi connectivity index (χ4v) is 3.79. The Labute approximate surface area is 157 Å². The molecule has 4 nitrogen and oxygen atoms in total. The molecule has 128 valence electrons. The topological polar surface area (TPSA) is 55.4 Å². The van der Waals surface area contributed by atoms with Gasteiger partial charge in [-0.2, -0.15) is 0 Å². The summed E-state index contributed by atoms with van der Waals surface area (Å²) in [6.07, 6.45) is 0. The number of halogens is 4. The summed E-state index contributed by atoms with van der Waals surface area (Å²) >= 11 is 7.67. The maximum atomic E-state index is 13.6. The van der Waals surface area contributed by atoms with Crippen LogP contribution in [0, 0.1) is 11.6 Å². The van der Waals surface area contributed by atoms with Crippen LogP contribution in [0.5, 0.6) is 0 Å². The Morgan fingerprint density at radius 2 is 2.00 bits per heavy atom. The number of carbonyl (C=O) groups excluding carboxylic acids is 2. The summed E-state index contributed by atoms with van der Waals surface area (Å²) in [7, 11) is 0. The molecule has 9 heteroatoms. The van der Waals surface area contributed by atoms with E-state index in [4.69, 9.17) is 4.74 Å². The van der Waals surface area contributed by atoms with Gasteiger partial charge in [-0.05, 0) is 50.9 Å². The highest BCUT2D eigenvalue weighted by Gasteiger charge is 2.17. The zero-order chi connectivity index (χ0) is 17.9. The van der Waals surface area contributed by atoms with Crippen molar-refractivity contribution in [3.8, 4) is 0 Å². The van der Waals surface area contributed by atoms with Crippen LogP contribution >= 0.6 is 43.2 Å². The van der Waals surface area contributed by atoms with E-state index in [1.807, 2.05) is 0 Å². The first kappa shape index (κ1) is 19.0. The van der Waals surface area contributed by atoms with Gasteiger partial charge in [0.1, 0.15) is 16.5 Å². The molecule has 1 atom stereocenters. The molecule has 1 N–H and O–H groups in total. The van der Waals surface area contributed by atoms with E-state index in [0.29, 0.717) is 9.35 Å². The average molecular weight is 483 g/mol. The van der Waals surface area contributed by atoms with Gasteiger partial charge < -0.3 is 10.1 Å². The molecule has 2 rings (SSSR count). The van der Waals surface area contributed by atoms with E-state index in [1.165, 1.54) is 17.4 Å². The second kappa shape index (κ2) is 8.17. The molecule has 0 fully saturated rings. The molecular weight excluding hydrogens is 472 g/mol. The number of ether oxygens (including phenoxy) is 1. The van der Waals surface area contributed by atoms with Crippen molar-refractivity contribution in [2.24, 2.45) is 0 Å². The maximum Gasteiger partial charge on any atom is 0.348 e. The summed E-state index contributed by atoms with van der Waals surface area (Å²) in [6, 6.07) is 3.98. The van der Waals surface area contributed by atoms with Crippen molar-refractivity contribution in [1.82, 2.24) is 5.32 Å². The van der Waals surface area contributed by atoms with Gasteiger partial charge >= 0.3 is 5.97 Å². The number of rotatable bonds is 5. The van der Waals surface area contributed by atoms with Crippen LogP contribution in [0.2, 0.25) is 0 Å². The van der Waals surface area contributed by atoms with Crippen LogP contribution in [-0.2, 0) is 9.53 Å². The van der Waals surface area contributed by atoms with Gasteiger partial charge in [-0.15, -0.1) is 11.3 Å². The molecule has 0 saturated carbocycles. The molecule has 1 heterocycles. The monoisotopic (exact) mass is 481 g/mol. The number of amides is 1. The third kappa shape index (κ3) is 4.84. The van der Waals surface area contributed by atoms with E-state index < -0.39 is 36.2 Å². The lowest BCUT2D eigenvalue weighted by molar-refractivity contribution is -0.124. The zero-order valence-corrected chi connectivity index (χ0v) is 16.2. The Morgan fingerprint density at radius 3 is 2.58 bits per heavy atom. The predicted octanol–water partition coefficient (Wildman–Crippen LogP) is 4.59. The normalized spacial score (nSPS) is 11.9. The first-order chi connectivity index (χ1) is 11.3. The molecule has 1 amide bonds. The summed E-state index contributed by atoms with van der Waals surface area (Å²) in [5.41, 5.74) is 0.141. The van der Waals surface area contributed by atoms with Gasteiger partial charge in [0, 0.05) is 16.1 Å². The Morgan fingerprint density at radius 1 is 1.29 bits per heavy atom. The van der Waals surface area contributed by atoms with Crippen LogP contribution in [0.4, 0.5) is 8.78 Å². The number of benzene rings is 1. The molecule has 0 aliphatic rings. The van der Waals surface area contributed by atoms with E-state index >= 15 is 0 Å². The number of hydrogen-bond acceptors (Lipinski definition) is 4. The Hall–Kier alpha value is -1.32. The molecule has 0 aliphatic carbocycles. The van der Waals surface area contributed by atoms with Crippen molar-refractivity contribution in [3.63, 3.8) is 0 Å². The Kier molecular flexibility index (Phi) is 6.47. The highest BCUT2D eigenvalue weighted by molar-refractivity contribution is 9.13. The van der Waals surface area contributed by atoms with Crippen molar-refractivity contribution in [2.75, 3.05) is 6.61 Å². The summed E-state index contributed by atoms with van der Waals surface area (Å²) in [5.74, 6) is -2.68. The van der Waals surface area contributed by atoms with E-state index in [9.17, 15) is 18.4 Å². The number of nitrogens with one attached hydrogen (secondary N) is 1. The Bertz CT molecular complexity index is 763. The molecule has 0 saturated heterocycles. The third-order valence-corrected chi connectivity index (χ3v) is 6.22. The Balaban J connectivity index is 1.89. The van der Waals surface area contributed by atoms with E-state index in [-0.39, 0.29) is 5.56 Å². The van der Waals surface area contributed by atoms with Gasteiger partial charge in [-0.1, -0.05) is 6.07 Å². The first-order valence-electron chi connectivity index (χ1n) is 6.64. The number of esters is 1. The highest BCUT2D eigenvalue weighted by Crippen LogP contribution is 2.32. The summed E-state index contributed by atoms with van der Waals surface area (Å²) < 4.78 is 32.9.